The van der Waals surface area contributed by atoms with Gasteiger partial charge in [0.1, 0.15) is 19.3 Å². The number of unbranched alkanes of at least 4 members (excludes halogenated alkanes) is 34. The third kappa shape index (κ3) is 61.6. The molecule has 0 amide bonds. The Labute approximate surface area is 537 Å². The van der Waals surface area contributed by atoms with Gasteiger partial charge in [0.25, 0.3) is 0 Å². The molecule has 0 aliphatic heterocycles. The highest BCUT2D eigenvalue weighted by Gasteiger charge is 2.30. The van der Waals surface area contributed by atoms with E-state index in [4.69, 9.17) is 37.0 Å². The fourth-order valence-electron chi connectivity index (χ4n) is 10.3. The second-order valence-electron chi connectivity index (χ2n) is 26.1. The van der Waals surface area contributed by atoms with Gasteiger partial charge in [0.05, 0.1) is 26.4 Å². The van der Waals surface area contributed by atoms with E-state index in [2.05, 4.69) is 48.5 Å². The predicted molar refractivity (Wildman–Crippen MR) is 354 cm³/mol. The van der Waals surface area contributed by atoms with Gasteiger partial charge in [-0.3, -0.25) is 37.3 Å². The van der Waals surface area contributed by atoms with Gasteiger partial charge in [0, 0.05) is 25.7 Å². The van der Waals surface area contributed by atoms with Crippen molar-refractivity contribution in [3.63, 3.8) is 0 Å². The first kappa shape index (κ1) is 86.1. The minimum atomic E-state index is -4.95. The second-order valence-corrected chi connectivity index (χ2v) is 29.0. The first-order chi connectivity index (χ1) is 42.3. The maximum atomic E-state index is 13.0. The molecule has 0 heterocycles. The minimum Gasteiger partial charge on any atom is -0.462 e. The molecule has 0 aliphatic rings. The van der Waals surface area contributed by atoms with Gasteiger partial charge < -0.3 is 33.8 Å². The molecule has 0 aromatic rings. The molecular formula is C69H134O17P2. The van der Waals surface area contributed by atoms with E-state index in [1.807, 2.05) is 0 Å². The minimum absolute atomic E-state index is 0.102. The topological polar surface area (TPSA) is 237 Å². The Morgan fingerprint density at radius 1 is 0.330 bits per heavy atom. The van der Waals surface area contributed by atoms with Crippen LogP contribution in [-0.2, 0) is 65.4 Å². The number of aliphatic hydroxyl groups is 1. The van der Waals surface area contributed by atoms with Crippen LogP contribution >= 0.6 is 15.6 Å². The number of hydrogen-bond acceptors (Lipinski definition) is 15. The highest BCUT2D eigenvalue weighted by molar-refractivity contribution is 7.47. The highest BCUT2D eigenvalue weighted by Crippen LogP contribution is 2.45. The van der Waals surface area contributed by atoms with E-state index in [0.717, 1.165) is 108 Å². The Kier molecular flexibility index (Phi) is 58.7. The van der Waals surface area contributed by atoms with Crippen molar-refractivity contribution in [2.45, 2.75) is 362 Å². The van der Waals surface area contributed by atoms with Crippen LogP contribution in [0, 0.1) is 17.8 Å². The number of aliphatic hydroxyl groups excluding tert-OH is 1. The Balaban J connectivity index is 5.16. The van der Waals surface area contributed by atoms with Crippen LogP contribution in [0.3, 0.4) is 0 Å². The summed E-state index contributed by atoms with van der Waals surface area (Å²) in [4.78, 5) is 72.2. The maximum Gasteiger partial charge on any atom is 0.472 e. The molecule has 0 bridgehead atoms. The van der Waals surface area contributed by atoms with E-state index in [1.165, 1.54) is 148 Å². The molecule has 88 heavy (non-hydrogen) atoms. The van der Waals surface area contributed by atoms with Gasteiger partial charge in [0.2, 0.25) is 0 Å². The van der Waals surface area contributed by atoms with Crippen LogP contribution < -0.4 is 0 Å². The van der Waals surface area contributed by atoms with Crippen molar-refractivity contribution in [3.05, 3.63) is 0 Å². The second kappa shape index (κ2) is 60.0. The molecule has 0 aliphatic carbocycles. The molecule has 0 saturated heterocycles. The summed E-state index contributed by atoms with van der Waals surface area (Å²) in [6.45, 7) is 11.8. The molecule has 0 saturated carbocycles. The van der Waals surface area contributed by atoms with E-state index >= 15 is 0 Å². The summed E-state index contributed by atoms with van der Waals surface area (Å²) in [6, 6.07) is 0. The first-order valence-corrected chi connectivity index (χ1v) is 38.9. The summed E-state index contributed by atoms with van der Waals surface area (Å²) in [7, 11) is -9.89. The summed E-state index contributed by atoms with van der Waals surface area (Å²) < 4.78 is 68.0. The molecule has 0 aromatic carbocycles. The number of carbonyl (C=O) groups excluding carboxylic acids is 4. The lowest BCUT2D eigenvalue weighted by molar-refractivity contribution is -0.161. The smallest absolute Gasteiger partial charge is 0.462 e. The van der Waals surface area contributed by atoms with E-state index in [0.29, 0.717) is 31.6 Å². The van der Waals surface area contributed by atoms with Crippen LogP contribution in [0.5, 0.6) is 0 Å². The van der Waals surface area contributed by atoms with Crippen molar-refractivity contribution in [2.75, 3.05) is 39.6 Å². The van der Waals surface area contributed by atoms with E-state index in [-0.39, 0.29) is 25.7 Å². The Morgan fingerprint density at radius 2 is 0.580 bits per heavy atom. The fraction of sp³-hybridized carbons (Fsp3) is 0.942. The number of carbonyl (C=O) groups is 4. The third-order valence-electron chi connectivity index (χ3n) is 16.2. The number of hydrogen-bond donors (Lipinski definition) is 3. The molecular weight excluding hydrogens is 1160 g/mol. The van der Waals surface area contributed by atoms with Crippen LogP contribution in [0.15, 0.2) is 0 Å². The zero-order chi connectivity index (χ0) is 65.2. The van der Waals surface area contributed by atoms with Gasteiger partial charge in [-0.25, -0.2) is 9.13 Å². The van der Waals surface area contributed by atoms with Crippen molar-refractivity contribution >= 4 is 39.5 Å². The molecule has 3 unspecified atom stereocenters. The summed E-state index contributed by atoms with van der Waals surface area (Å²) in [6.07, 6.45) is 43.5. The van der Waals surface area contributed by atoms with Crippen molar-refractivity contribution in [3.8, 4) is 0 Å². The molecule has 0 rings (SSSR count). The number of phosphoric ester groups is 2. The summed E-state index contributed by atoms with van der Waals surface area (Å²) in [5, 5.41) is 10.5. The van der Waals surface area contributed by atoms with Gasteiger partial charge in [0.15, 0.2) is 12.2 Å². The highest BCUT2D eigenvalue weighted by atomic mass is 31.2. The standard InChI is InChI=1S/C69H134O17P2/c1-8-10-11-33-43-50-66(71)79-56-64(85-69(74)53-46-39-32-26-28-35-41-48-61(5)6)58-83-87(75,76)81-54-63(70)55-82-88(77,78)84-59-65(57-80-67(72)51-44-37-30-24-20-17-16-18-22-27-34-40-47-60(3)4)86-68(73)52-45-38-31-25-21-15-13-12-14-19-23-29-36-42-49-62(7)9-2/h60-65,70H,8-59H2,1-7H3,(H,75,76)(H,77,78)/t62?,63-,64+,65+/m0/s1. The summed E-state index contributed by atoms with van der Waals surface area (Å²) in [5.41, 5.74) is 0. The monoisotopic (exact) mass is 1300 g/mol. The summed E-state index contributed by atoms with van der Waals surface area (Å²) >= 11 is 0. The van der Waals surface area contributed by atoms with Crippen LogP contribution in [0.1, 0.15) is 344 Å². The quantitative estimate of drug-likeness (QED) is 0.0222. The fourth-order valence-corrected chi connectivity index (χ4v) is 11.9. The van der Waals surface area contributed by atoms with Gasteiger partial charge in [-0.05, 0) is 43.4 Å². The zero-order valence-corrected chi connectivity index (χ0v) is 59.0. The van der Waals surface area contributed by atoms with Crippen molar-refractivity contribution in [2.24, 2.45) is 17.8 Å². The van der Waals surface area contributed by atoms with Crippen LogP contribution in [0.25, 0.3) is 0 Å². The Hall–Kier alpha value is -1.94. The largest absolute Gasteiger partial charge is 0.472 e. The van der Waals surface area contributed by atoms with Crippen LogP contribution in [0.4, 0.5) is 0 Å². The molecule has 3 N–H and O–H groups in total. The van der Waals surface area contributed by atoms with E-state index < -0.39 is 97.5 Å². The maximum absolute atomic E-state index is 13.0. The molecule has 6 atom stereocenters. The normalized spacial score (nSPS) is 14.5. The van der Waals surface area contributed by atoms with Gasteiger partial charge >= 0.3 is 39.5 Å². The Bertz CT molecular complexity index is 1730. The van der Waals surface area contributed by atoms with Crippen LogP contribution in [0.2, 0.25) is 0 Å². The average molecular weight is 1300 g/mol. The zero-order valence-electron chi connectivity index (χ0n) is 57.2. The van der Waals surface area contributed by atoms with Gasteiger partial charge in [-0.15, -0.1) is 0 Å². The number of ether oxygens (including phenoxy) is 4. The van der Waals surface area contributed by atoms with Crippen LogP contribution in [-0.4, -0.2) is 96.7 Å². The van der Waals surface area contributed by atoms with Crippen molar-refractivity contribution < 1.29 is 80.2 Å². The average Bonchev–Trinajstić information content (AvgIpc) is 3.70. The molecule has 522 valence electrons. The first-order valence-electron chi connectivity index (χ1n) is 35.9. The molecule has 19 heteroatoms. The van der Waals surface area contributed by atoms with E-state index in [1.54, 1.807) is 0 Å². The molecule has 0 aromatic heterocycles. The molecule has 0 radical (unpaired) electrons. The lowest BCUT2D eigenvalue weighted by atomic mass is 9.99. The number of phosphoric acid groups is 2. The lowest BCUT2D eigenvalue weighted by Gasteiger charge is -2.21. The van der Waals surface area contributed by atoms with Gasteiger partial charge in [-0.1, -0.05) is 292 Å². The van der Waals surface area contributed by atoms with Gasteiger partial charge in [-0.2, -0.15) is 0 Å². The third-order valence-corrected chi connectivity index (χ3v) is 18.1. The summed E-state index contributed by atoms with van der Waals surface area (Å²) in [5.74, 6) is 0.183. The van der Waals surface area contributed by atoms with Crippen molar-refractivity contribution in [1.82, 2.24) is 0 Å². The molecule has 17 nitrogen and oxygen atoms in total. The predicted octanol–water partition coefficient (Wildman–Crippen LogP) is 19.5. The lowest BCUT2D eigenvalue weighted by Crippen LogP contribution is -2.30. The van der Waals surface area contributed by atoms with Crippen molar-refractivity contribution in [1.29, 1.82) is 0 Å². The number of rotatable bonds is 67. The number of esters is 4. The molecule has 0 spiro atoms. The Morgan fingerprint density at radius 3 is 0.864 bits per heavy atom. The SMILES string of the molecule is CCCCCCCC(=O)OC[C@H](COP(=O)(O)OC[C@H](O)COP(=O)(O)OC[C@@H](COC(=O)CCCCCCCCCCCCCCC(C)C)OC(=O)CCCCCCCCCCCCCCCCC(C)CC)OC(=O)CCCCCCCCCC(C)C. The molecule has 0 fully saturated rings. The van der Waals surface area contributed by atoms with E-state index in [9.17, 15) is 43.2 Å².